The highest BCUT2D eigenvalue weighted by atomic mass is 32.2. The molecule has 1 aromatic carbocycles. The van der Waals surface area contributed by atoms with Crippen molar-refractivity contribution >= 4 is 29.1 Å². The normalized spacial score (nSPS) is 16.5. The Labute approximate surface area is 105 Å². The first kappa shape index (κ1) is 12.9. The highest BCUT2D eigenvalue weighted by molar-refractivity contribution is 8.00. The zero-order valence-corrected chi connectivity index (χ0v) is 9.85. The van der Waals surface area contributed by atoms with Crippen molar-refractivity contribution in [3.63, 3.8) is 0 Å². The summed E-state index contributed by atoms with van der Waals surface area (Å²) in [7, 11) is 0. The lowest BCUT2D eigenvalue weighted by molar-refractivity contribution is -0.121. The van der Waals surface area contributed by atoms with Crippen LogP contribution in [0.5, 0.6) is 0 Å². The fraction of sp³-hybridized carbons (Fsp3) is 0.273. The average molecular weight is 275 g/mol. The van der Waals surface area contributed by atoms with Crippen molar-refractivity contribution < 1.29 is 22.8 Å². The number of alkyl halides is 3. The molecule has 7 heteroatoms. The van der Waals surface area contributed by atoms with Crippen LogP contribution in [0.1, 0.15) is 6.42 Å². The predicted molar refractivity (Wildman–Crippen MR) is 60.3 cm³/mol. The summed E-state index contributed by atoms with van der Waals surface area (Å²) in [6.07, 6.45) is -0.184. The van der Waals surface area contributed by atoms with Crippen LogP contribution in [0.2, 0.25) is 0 Å². The number of thioether (sulfide) groups is 1. The van der Waals surface area contributed by atoms with E-state index in [2.05, 4.69) is 0 Å². The quantitative estimate of drug-likeness (QED) is 0.615. The van der Waals surface area contributed by atoms with Crippen LogP contribution in [-0.4, -0.2) is 23.7 Å². The summed E-state index contributed by atoms with van der Waals surface area (Å²) in [5.41, 5.74) is -4.05. The lowest BCUT2D eigenvalue weighted by atomic mass is 10.3. The van der Waals surface area contributed by atoms with Gasteiger partial charge >= 0.3 is 5.51 Å². The van der Waals surface area contributed by atoms with Crippen molar-refractivity contribution in [2.24, 2.45) is 0 Å². The standard InChI is InChI=1S/C11H8F3NO2S/c12-11(13,14)18-9-3-1-2-7(4-9)15-6-8(16)5-10(15)17/h1-4H,5-6H2. The zero-order valence-electron chi connectivity index (χ0n) is 9.03. The van der Waals surface area contributed by atoms with Gasteiger partial charge in [0.25, 0.3) is 0 Å². The number of amides is 1. The van der Waals surface area contributed by atoms with Crippen molar-refractivity contribution in [3.05, 3.63) is 24.3 Å². The lowest BCUT2D eigenvalue weighted by Crippen LogP contribution is -2.24. The molecule has 1 amide bonds. The molecule has 1 aliphatic rings. The molecule has 0 N–H and O–H groups in total. The second-order valence-corrected chi connectivity index (χ2v) is 4.88. The van der Waals surface area contributed by atoms with Crippen LogP contribution >= 0.6 is 11.8 Å². The van der Waals surface area contributed by atoms with E-state index in [1.54, 1.807) is 0 Å². The van der Waals surface area contributed by atoms with Gasteiger partial charge < -0.3 is 4.90 Å². The third-order valence-corrected chi connectivity index (χ3v) is 3.07. The van der Waals surface area contributed by atoms with E-state index in [1.807, 2.05) is 0 Å². The Bertz CT molecular complexity index is 501. The molecule has 0 aromatic heterocycles. The van der Waals surface area contributed by atoms with Gasteiger partial charge in [-0.05, 0) is 30.0 Å². The maximum atomic E-state index is 12.2. The summed E-state index contributed by atoms with van der Waals surface area (Å²) in [6, 6.07) is 5.51. The topological polar surface area (TPSA) is 37.4 Å². The van der Waals surface area contributed by atoms with Crippen LogP contribution in [0.4, 0.5) is 18.9 Å². The molecule has 18 heavy (non-hydrogen) atoms. The highest BCUT2D eigenvalue weighted by Gasteiger charge is 2.31. The minimum Gasteiger partial charge on any atom is -0.305 e. The Morgan fingerprint density at radius 3 is 2.50 bits per heavy atom. The molecule has 2 rings (SSSR count). The van der Waals surface area contributed by atoms with Gasteiger partial charge in [-0.1, -0.05) is 6.07 Å². The molecule has 1 fully saturated rings. The molecule has 3 nitrogen and oxygen atoms in total. The van der Waals surface area contributed by atoms with Crippen LogP contribution in [0, 0.1) is 0 Å². The number of benzene rings is 1. The third kappa shape index (κ3) is 3.04. The fourth-order valence-electron chi connectivity index (χ4n) is 1.67. The van der Waals surface area contributed by atoms with Gasteiger partial charge in [-0.25, -0.2) is 0 Å². The predicted octanol–water partition coefficient (Wildman–Crippen LogP) is 2.60. The van der Waals surface area contributed by atoms with Gasteiger partial charge in [-0.3, -0.25) is 9.59 Å². The number of ketones is 1. The van der Waals surface area contributed by atoms with E-state index in [1.165, 1.54) is 29.2 Å². The van der Waals surface area contributed by atoms with Gasteiger partial charge in [0.15, 0.2) is 5.78 Å². The minimum atomic E-state index is -4.37. The van der Waals surface area contributed by atoms with Gasteiger partial charge in [-0.15, -0.1) is 0 Å². The van der Waals surface area contributed by atoms with E-state index < -0.39 is 5.51 Å². The van der Waals surface area contributed by atoms with Crippen LogP contribution in [0.15, 0.2) is 29.2 Å². The molecule has 0 atom stereocenters. The van der Waals surface area contributed by atoms with Gasteiger partial charge in [0.05, 0.1) is 13.0 Å². The molecule has 0 radical (unpaired) electrons. The van der Waals surface area contributed by atoms with Crippen molar-refractivity contribution in [2.45, 2.75) is 16.8 Å². The number of carbonyl (C=O) groups excluding carboxylic acids is 2. The Balaban J connectivity index is 2.22. The molecule has 0 bridgehead atoms. The molecular weight excluding hydrogens is 267 g/mol. The molecule has 1 saturated heterocycles. The van der Waals surface area contributed by atoms with E-state index in [0.29, 0.717) is 5.69 Å². The number of carbonyl (C=O) groups is 2. The molecule has 1 heterocycles. The van der Waals surface area contributed by atoms with Crippen LogP contribution < -0.4 is 4.90 Å². The molecule has 0 saturated carbocycles. The zero-order chi connectivity index (χ0) is 13.3. The minimum absolute atomic E-state index is 0.00727. The monoisotopic (exact) mass is 275 g/mol. The number of nitrogens with zero attached hydrogens (tertiary/aromatic N) is 1. The summed E-state index contributed by atoms with van der Waals surface area (Å²) in [5, 5.41) is 0. The summed E-state index contributed by atoms with van der Waals surface area (Å²) < 4.78 is 36.7. The smallest absolute Gasteiger partial charge is 0.305 e. The van der Waals surface area contributed by atoms with Crippen LogP contribution in [-0.2, 0) is 9.59 Å². The molecule has 0 unspecified atom stereocenters. The number of anilines is 1. The van der Waals surface area contributed by atoms with Crippen molar-refractivity contribution in [1.82, 2.24) is 0 Å². The second kappa shape index (κ2) is 4.64. The van der Waals surface area contributed by atoms with Crippen LogP contribution in [0.25, 0.3) is 0 Å². The molecule has 0 spiro atoms. The van der Waals surface area contributed by atoms with Crippen molar-refractivity contribution in [3.8, 4) is 0 Å². The SMILES string of the molecule is O=C1CC(=O)N(c2cccc(SC(F)(F)F)c2)C1. The van der Waals surface area contributed by atoms with Gasteiger partial charge in [0, 0.05) is 10.6 Å². The lowest BCUT2D eigenvalue weighted by Gasteiger charge is -2.15. The van der Waals surface area contributed by atoms with Crippen molar-refractivity contribution in [2.75, 3.05) is 11.4 Å². The van der Waals surface area contributed by atoms with E-state index in [0.717, 1.165) is 0 Å². The van der Waals surface area contributed by atoms with Crippen LogP contribution in [0.3, 0.4) is 0 Å². The van der Waals surface area contributed by atoms with E-state index in [9.17, 15) is 22.8 Å². The first-order valence-electron chi connectivity index (χ1n) is 5.03. The molecule has 0 aliphatic carbocycles. The van der Waals surface area contributed by atoms with Gasteiger partial charge in [0.2, 0.25) is 5.91 Å². The van der Waals surface area contributed by atoms with Crippen molar-refractivity contribution in [1.29, 1.82) is 0 Å². The average Bonchev–Trinajstić information content (AvgIpc) is 2.55. The fourth-order valence-corrected chi connectivity index (χ4v) is 2.26. The summed E-state index contributed by atoms with van der Waals surface area (Å²) >= 11 is -0.247. The Morgan fingerprint density at radius 1 is 1.22 bits per heavy atom. The molecule has 1 aromatic rings. The van der Waals surface area contributed by atoms with E-state index >= 15 is 0 Å². The second-order valence-electron chi connectivity index (χ2n) is 3.74. The Morgan fingerprint density at radius 2 is 1.94 bits per heavy atom. The maximum absolute atomic E-state index is 12.2. The maximum Gasteiger partial charge on any atom is 0.446 e. The van der Waals surface area contributed by atoms with E-state index in [-0.39, 0.29) is 41.3 Å². The van der Waals surface area contributed by atoms with Gasteiger partial charge in [-0.2, -0.15) is 13.2 Å². The first-order valence-corrected chi connectivity index (χ1v) is 5.85. The Hall–Kier alpha value is -1.50. The number of halogens is 3. The van der Waals surface area contributed by atoms with E-state index in [4.69, 9.17) is 0 Å². The number of rotatable bonds is 2. The largest absolute Gasteiger partial charge is 0.446 e. The number of Topliss-reactive ketones (excluding diaryl/α,β-unsaturated/α-hetero) is 1. The third-order valence-electron chi connectivity index (χ3n) is 2.35. The first-order chi connectivity index (χ1) is 8.35. The summed E-state index contributed by atoms with van der Waals surface area (Å²) in [4.78, 5) is 23.8. The number of hydrogen-bond donors (Lipinski definition) is 0. The molecule has 96 valence electrons. The summed E-state index contributed by atoms with van der Waals surface area (Å²) in [5.74, 6) is -0.608. The van der Waals surface area contributed by atoms with Gasteiger partial charge in [0.1, 0.15) is 0 Å². The summed E-state index contributed by atoms with van der Waals surface area (Å²) in [6.45, 7) is -0.0705. The molecular formula is C11H8F3NO2S. The Kier molecular flexibility index (Phi) is 3.34. The number of hydrogen-bond acceptors (Lipinski definition) is 3. The highest BCUT2D eigenvalue weighted by Crippen LogP contribution is 2.38. The molecule has 1 aliphatic heterocycles.